The first kappa shape index (κ1) is 11.6. The lowest BCUT2D eigenvalue weighted by atomic mass is 9.43. The Morgan fingerprint density at radius 2 is 1.20 bits per heavy atom. The lowest BCUT2D eigenvalue weighted by molar-refractivity contribution is 0.160. The summed E-state index contributed by atoms with van der Waals surface area (Å²) in [6, 6.07) is 0. The third-order valence-corrected chi connectivity index (χ3v) is 8.50. The quantitative estimate of drug-likeness (QED) is 0.556. The van der Waals surface area contributed by atoms with Crippen LogP contribution < -0.4 is 0 Å². The highest BCUT2D eigenvalue weighted by molar-refractivity contribution is 6.68. The van der Waals surface area contributed by atoms with Crippen LogP contribution in [0, 0.1) is 0 Å². The smallest absolute Gasteiger partial charge is 0.110 e. The molecule has 0 unspecified atom stereocenters. The van der Waals surface area contributed by atoms with Crippen molar-refractivity contribution in [2.45, 2.75) is 19.5 Å². The molecule has 0 saturated heterocycles. The van der Waals surface area contributed by atoms with Crippen LogP contribution in [0.15, 0.2) is 21.2 Å². The van der Waals surface area contributed by atoms with Crippen molar-refractivity contribution in [1.82, 2.24) is 0 Å². The van der Waals surface area contributed by atoms with E-state index in [-0.39, 0.29) is 10.1 Å². The number of hydrogen-bond donors (Lipinski definition) is 0. The van der Waals surface area contributed by atoms with E-state index in [0.717, 1.165) is 0 Å². The zero-order valence-electron chi connectivity index (χ0n) is 6.72. The third-order valence-electron chi connectivity index (χ3n) is 3.40. The van der Waals surface area contributed by atoms with Crippen LogP contribution in [-0.4, -0.2) is 19.5 Å². The molecule has 0 heterocycles. The molecular weight excluding hydrogens is 344 g/mol. The van der Waals surface area contributed by atoms with Gasteiger partial charge in [0.1, 0.15) is 19.5 Å². The molecule has 0 aromatic rings. The zero-order valence-corrected chi connectivity index (χ0v) is 12.0. The Kier molecular flexibility index (Phi) is 2.00. The van der Waals surface area contributed by atoms with Crippen LogP contribution in [0.5, 0.6) is 0 Å². The van der Waals surface area contributed by atoms with Gasteiger partial charge in [0.2, 0.25) is 0 Å². The Morgan fingerprint density at radius 1 is 0.733 bits per heavy atom. The molecular formula is C8HCl7. The second-order valence-electron chi connectivity index (χ2n) is 3.81. The van der Waals surface area contributed by atoms with Crippen molar-refractivity contribution in [1.29, 1.82) is 0 Å². The van der Waals surface area contributed by atoms with Gasteiger partial charge < -0.3 is 0 Å². The molecule has 1 fully saturated rings. The minimum absolute atomic E-state index is 0.221. The van der Waals surface area contributed by atoms with E-state index in [1.54, 1.807) is 6.08 Å². The summed E-state index contributed by atoms with van der Waals surface area (Å²) in [6.45, 7) is 0. The average molecular weight is 345 g/mol. The summed E-state index contributed by atoms with van der Waals surface area (Å²) in [7, 11) is 0. The van der Waals surface area contributed by atoms with Crippen LogP contribution in [0.3, 0.4) is 0 Å². The van der Waals surface area contributed by atoms with Crippen molar-refractivity contribution in [3.63, 3.8) is 0 Å². The first-order valence-corrected chi connectivity index (χ1v) is 6.55. The zero-order chi connectivity index (χ0) is 11.4. The molecule has 3 aliphatic rings. The molecule has 0 aliphatic heterocycles. The number of allylic oxidation sites excluding steroid dienone is 4. The minimum atomic E-state index is -1.20. The molecule has 82 valence electrons. The van der Waals surface area contributed by atoms with Crippen LogP contribution >= 0.6 is 81.2 Å². The maximum Gasteiger partial charge on any atom is 0.134 e. The van der Waals surface area contributed by atoms with Gasteiger partial charge in [0, 0.05) is 5.03 Å². The largest absolute Gasteiger partial charge is 0.134 e. The highest BCUT2D eigenvalue weighted by atomic mass is 35.5. The van der Waals surface area contributed by atoms with Crippen molar-refractivity contribution in [2.24, 2.45) is 0 Å². The molecule has 0 aromatic heterocycles. The molecule has 0 spiro atoms. The molecule has 0 N–H and O–H groups in total. The second-order valence-corrected chi connectivity index (χ2v) is 7.27. The molecule has 3 aliphatic carbocycles. The first-order valence-electron chi connectivity index (χ1n) is 3.90. The molecule has 3 rings (SSSR count). The Bertz CT molecular complexity index is 468. The normalized spacial score (nSPS) is 60.9. The molecule has 7 heteroatoms. The number of hydrogen-bond acceptors (Lipinski definition) is 0. The highest BCUT2D eigenvalue weighted by Crippen LogP contribution is 2.87. The Morgan fingerprint density at radius 3 is 1.67 bits per heavy atom. The van der Waals surface area contributed by atoms with Crippen LogP contribution in [0.4, 0.5) is 0 Å². The van der Waals surface area contributed by atoms with Gasteiger partial charge in [-0.25, -0.2) is 0 Å². The fraction of sp³-hybridized carbons (Fsp3) is 0.500. The summed E-state index contributed by atoms with van der Waals surface area (Å²) < 4.78 is 0. The van der Waals surface area contributed by atoms with E-state index < -0.39 is 19.5 Å². The van der Waals surface area contributed by atoms with Crippen LogP contribution in [-0.2, 0) is 0 Å². The maximum absolute atomic E-state index is 6.30. The fourth-order valence-corrected chi connectivity index (χ4v) is 6.64. The average Bonchev–Trinajstić information content (AvgIpc) is 2.22. The van der Waals surface area contributed by atoms with E-state index in [1.807, 2.05) is 0 Å². The van der Waals surface area contributed by atoms with E-state index in [0.29, 0.717) is 5.03 Å². The number of alkyl halides is 4. The topological polar surface area (TPSA) is 0 Å². The Labute approximate surface area is 121 Å². The van der Waals surface area contributed by atoms with Gasteiger partial charge in [0.25, 0.3) is 0 Å². The predicted molar refractivity (Wildman–Crippen MR) is 67.0 cm³/mol. The molecule has 0 amide bonds. The van der Waals surface area contributed by atoms with E-state index >= 15 is 0 Å². The van der Waals surface area contributed by atoms with Gasteiger partial charge in [-0.15, -0.1) is 46.4 Å². The summed E-state index contributed by atoms with van der Waals surface area (Å²) in [5, 5.41) is 0.818. The van der Waals surface area contributed by atoms with E-state index in [4.69, 9.17) is 81.2 Å². The SMILES string of the molecule is ClC1=C[C@@]2(Cl)[C@]1(Cl)[C@]1(Cl)C(Cl)=C(Cl)[C@]21Cl. The van der Waals surface area contributed by atoms with Crippen LogP contribution in [0.2, 0.25) is 0 Å². The minimum Gasteiger partial charge on any atom is -0.110 e. The third kappa shape index (κ3) is 0.680. The summed E-state index contributed by atoms with van der Waals surface area (Å²) in [4.78, 5) is -4.56. The molecule has 0 bridgehead atoms. The van der Waals surface area contributed by atoms with Gasteiger partial charge in [-0.3, -0.25) is 0 Å². The van der Waals surface area contributed by atoms with Crippen molar-refractivity contribution in [2.75, 3.05) is 0 Å². The molecule has 0 aromatic carbocycles. The van der Waals surface area contributed by atoms with Gasteiger partial charge in [0.15, 0.2) is 0 Å². The number of halogens is 7. The van der Waals surface area contributed by atoms with Crippen LogP contribution in [0.25, 0.3) is 0 Å². The molecule has 0 radical (unpaired) electrons. The van der Waals surface area contributed by atoms with E-state index in [9.17, 15) is 0 Å². The summed E-state index contributed by atoms with van der Waals surface area (Å²) >= 11 is 43.0. The van der Waals surface area contributed by atoms with E-state index in [1.165, 1.54) is 0 Å². The van der Waals surface area contributed by atoms with Crippen LogP contribution in [0.1, 0.15) is 0 Å². The standard InChI is InChI=1S/C8HCl7/c9-2-1-5(12)6(2,13)8(15)4(11)3(10)7(5,8)14/h1H/t5-,6+,7+,8-/m1/s1. The Balaban J connectivity index is 2.29. The van der Waals surface area contributed by atoms with E-state index in [2.05, 4.69) is 0 Å². The summed E-state index contributed by atoms with van der Waals surface area (Å²) in [6.07, 6.45) is 1.56. The molecule has 1 saturated carbocycles. The maximum atomic E-state index is 6.30. The molecule has 4 atom stereocenters. The van der Waals surface area contributed by atoms with Crippen molar-refractivity contribution < 1.29 is 0 Å². The van der Waals surface area contributed by atoms with Crippen molar-refractivity contribution in [3.8, 4) is 0 Å². The Hall–Kier alpha value is 1.51. The lowest BCUT2D eigenvalue weighted by Gasteiger charge is -2.79. The lowest BCUT2D eigenvalue weighted by Crippen LogP contribution is -2.94. The molecule has 0 nitrogen and oxygen atoms in total. The first-order chi connectivity index (χ1) is 6.69. The monoisotopic (exact) mass is 342 g/mol. The second kappa shape index (κ2) is 2.59. The van der Waals surface area contributed by atoms with Crippen molar-refractivity contribution in [3.05, 3.63) is 21.2 Å². The van der Waals surface area contributed by atoms with Gasteiger partial charge >= 0.3 is 0 Å². The predicted octanol–water partition coefficient (Wildman–Crippen LogP) is 4.75. The van der Waals surface area contributed by atoms with Gasteiger partial charge in [0.05, 0.1) is 10.1 Å². The van der Waals surface area contributed by atoms with Gasteiger partial charge in [-0.05, 0) is 6.08 Å². The fourth-order valence-electron chi connectivity index (χ4n) is 2.50. The highest BCUT2D eigenvalue weighted by Gasteiger charge is 2.97. The van der Waals surface area contributed by atoms with Crippen molar-refractivity contribution >= 4 is 81.2 Å². The molecule has 15 heavy (non-hydrogen) atoms. The van der Waals surface area contributed by atoms with Gasteiger partial charge in [-0.2, -0.15) is 0 Å². The summed E-state index contributed by atoms with van der Waals surface area (Å²) in [5.74, 6) is 0. The number of rotatable bonds is 0. The number of fused-ring (bicyclic) bond motifs is 4. The summed E-state index contributed by atoms with van der Waals surface area (Å²) in [5.41, 5.74) is 0. The van der Waals surface area contributed by atoms with Gasteiger partial charge in [-0.1, -0.05) is 34.8 Å².